The van der Waals surface area contributed by atoms with Crippen molar-refractivity contribution >= 4 is 27.7 Å². The van der Waals surface area contributed by atoms with E-state index < -0.39 is 5.91 Å². The summed E-state index contributed by atoms with van der Waals surface area (Å²) in [7, 11) is 0. The first-order valence-electron chi connectivity index (χ1n) is 11.1. The van der Waals surface area contributed by atoms with E-state index in [0.29, 0.717) is 18.7 Å². The van der Waals surface area contributed by atoms with Gasteiger partial charge in [-0.25, -0.2) is 0 Å². The van der Waals surface area contributed by atoms with E-state index in [1.54, 1.807) is 6.07 Å². The second kappa shape index (κ2) is 8.83. The molecule has 0 aliphatic rings. The lowest BCUT2D eigenvalue weighted by Gasteiger charge is -2.11. The van der Waals surface area contributed by atoms with Crippen LogP contribution >= 0.6 is 0 Å². The third-order valence-electron chi connectivity index (χ3n) is 6.04. The van der Waals surface area contributed by atoms with Gasteiger partial charge in [-0.1, -0.05) is 61.5 Å². The molecule has 5 rings (SSSR count). The Morgan fingerprint density at radius 2 is 1.70 bits per heavy atom. The number of ether oxygens (including phenoxy) is 1. The first-order valence-corrected chi connectivity index (χ1v) is 11.1. The second-order valence-electron chi connectivity index (χ2n) is 8.19. The maximum Gasteiger partial charge on any atom is 0.249 e. The Balaban J connectivity index is 1.50. The molecule has 1 amide bonds. The van der Waals surface area contributed by atoms with Gasteiger partial charge in [-0.05, 0) is 59.5 Å². The summed E-state index contributed by atoms with van der Waals surface area (Å²) in [6.45, 7) is 3.34. The largest absolute Gasteiger partial charge is 0.489 e. The third-order valence-corrected chi connectivity index (χ3v) is 6.04. The van der Waals surface area contributed by atoms with Crippen LogP contribution in [0.15, 0.2) is 84.9 Å². The van der Waals surface area contributed by atoms with Gasteiger partial charge >= 0.3 is 0 Å². The molecule has 1 heterocycles. The van der Waals surface area contributed by atoms with E-state index in [4.69, 9.17) is 10.5 Å². The van der Waals surface area contributed by atoms with Crippen LogP contribution in [0.3, 0.4) is 0 Å². The highest BCUT2D eigenvalue weighted by atomic mass is 16.5. The quantitative estimate of drug-likeness (QED) is 0.348. The van der Waals surface area contributed by atoms with Crippen molar-refractivity contribution in [3.8, 4) is 5.75 Å². The number of fused-ring (bicyclic) bond motifs is 3. The number of primary amides is 1. The topological polar surface area (TPSA) is 57.2 Å². The van der Waals surface area contributed by atoms with Crippen LogP contribution in [0.5, 0.6) is 5.75 Å². The van der Waals surface area contributed by atoms with E-state index in [0.717, 1.165) is 45.1 Å². The van der Waals surface area contributed by atoms with E-state index in [2.05, 4.69) is 47.9 Å². The van der Waals surface area contributed by atoms with Crippen molar-refractivity contribution in [2.24, 2.45) is 5.73 Å². The molecular weight excluding hydrogens is 408 g/mol. The van der Waals surface area contributed by atoms with E-state index in [9.17, 15) is 4.79 Å². The normalized spacial score (nSPS) is 11.2. The van der Waals surface area contributed by atoms with Crippen LogP contribution in [-0.4, -0.2) is 10.5 Å². The van der Waals surface area contributed by atoms with Crippen molar-refractivity contribution in [3.63, 3.8) is 0 Å². The van der Waals surface area contributed by atoms with Crippen LogP contribution in [0.2, 0.25) is 0 Å². The fourth-order valence-electron chi connectivity index (χ4n) is 4.29. The van der Waals surface area contributed by atoms with E-state index in [1.807, 2.05) is 48.5 Å². The van der Waals surface area contributed by atoms with Gasteiger partial charge in [-0.3, -0.25) is 4.79 Å². The SMILES string of the molecule is CCc1c[c]c2c3c(C(N)=O)cccc3n(Cc3ccc(OCc4ccccc4)cc3)c2c1. The molecule has 5 aromatic rings. The predicted octanol–water partition coefficient (Wildman–Crippen LogP) is 5.88. The number of nitrogens with two attached hydrogens (primary N) is 1. The molecule has 0 atom stereocenters. The van der Waals surface area contributed by atoms with Gasteiger partial charge in [0, 0.05) is 22.9 Å². The van der Waals surface area contributed by atoms with Gasteiger partial charge in [0.25, 0.3) is 0 Å². The number of hydrogen-bond acceptors (Lipinski definition) is 2. The number of benzene rings is 4. The molecule has 4 heteroatoms. The van der Waals surface area contributed by atoms with Crippen molar-refractivity contribution in [1.82, 2.24) is 4.57 Å². The van der Waals surface area contributed by atoms with Crippen molar-refractivity contribution in [3.05, 3.63) is 113 Å². The molecule has 0 saturated carbocycles. The Bertz CT molecular complexity index is 1430. The summed E-state index contributed by atoms with van der Waals surface area (Å²) in [5.74, 6) is 0.412. The van der Waals surface area contributed by atoms with E-state index in [1.165, 1.54) is 5.56 Å². The Labute approximate surface area is 193 Å². The molecule has 0 aliphatic carbocycles. The molecule has 1 aromatic heterocycles. The van der Waals surface area contributed by atoms with E-state index >= 15 is 0 Å². The lowest BCUT2D eigenvalue weighted by Crippen LogP contribution is -2.11. The van der Waals surface area contributed by atoms with Crippen LogP contribution < -0.4 is 10.5 Å². The third kappa shape index (κ3) is 4.08. The first kappa shape index (κ1) is 20.8. The van der Waals surface area contributed by atoms with Crippen molar-refractivity contribution in [2.45, 2.75) is 26.5 Å². The molecule has 0 aliphatic heterocycles. The Hall–Kier alpha value is -4.05. The smallest absolute Gasteiger partial charge is 0.249 e. The number of amides is 1. The van der Waals surface area contributed by atoms with Crippen LogP contribution in [0.4, 0.5) is 0 Å². The molecule has 0 unspecified atom stereocenters. The van der Waals surface area contributed by atoms with Gasteiger partial charge in [0.1, 0.15) is 12.4 Å². The fourth-order valence-corrected chi connectivity index (χ4v) is 4.29. The van der Waals surface area contributed by atoms with Crippen LogP contribution in [0.1, 0.15) is 34.0 Å². The molecule has 0 spiro atoms. The van der Waals surface area contributed by atoms with Crippen LogP contribution in [0, 0.1) is 6.07 Å². The molecule has 0 fully saturated rings. The maximum absolute atomic E-state index is 12.1. The standard InChI is InChI=1S/C29H25N2O2/c1-2-20-13-16-24-27(17-20)31(26-10-6-9-25(28(24)26)29(30)32)18-21-11-14-23(15-12-21)33-19-22-7-4-3-5-8-22/h3-15,17H,2,18-19H2,1H3,(H2,30,32). The summed E-state index contributed by atoms with van der Waals surface area (Å²) >= 11 is 0. The minimum Gasteiger partial charge on any atom is -0.489 e. The van der Waals surface area contributed by atoms with Crippen molar-refractivity contribution < 1.29 is 9.53 Å². The fraction of sp³-hybridized carbons (Fsp3) is 0.138. The molecule has 33 heavy (non-hydrogen) atoms. The number of rotatable bonds is 7. The van der Waals surface area contributed by atoms with Gasteiger partial charge in [0.05, 0.1) is 11.0 Å². The Morgan fingerprint density at radius 1 is 0.909 bits per heavy atom. The van der Waals surface area contributed by atoms with Gasteiger partial charge in [0.2, 0.25) is 5.91 Å². The zero-order chi connectivity index (χ0) is 22.8. The molecule has 163 valence electrons. The molecular formula is C29H25N2O2. The second-order valence-corrected chi connectivity index (χ2v) is 8.19. The monoisotopic (exact) mass is 433 g/mol. The summed E-state index contributed by atoms with van der Waals surface area (Å²) < 4.78 is 8.17. The Kier molecular flexibility index (Phi) is 5.57. The highest BCUT2D eigenvalue weighted by molar-refractivity contribution is 6.17. The Morgan fingerprint density at radius 3 is 2.42 bits per heavy atom. The summed E-state index contributed by atoms with van der Waals surface area (Å²) in [5.41, 5.74) is 11.8. The van der Waals surface area contributed by atoms with Crippen molar-refractivity contribution in [1.29, 1.82) is 0 Å². The minimum atomic E-state index is -0.424. The summed E-state index contributed by atoms with van der Waals surface area (Å²) in [5, 5.41) is 1.80. The molecule has 0 bridgehead atoms. The zero-order valence-electron chi connectivity index (χ0n) is 18.5. The summed E-state index contributed by atoms with van der Waals surface area (Å²) in [4.78, 5) is 12.1. The molecule has 4 aromatic carbocycles. The van der Waals surface area contributed by atoms with Crippen molar-refractivity contribution in [2.75, 3.05) is 0 Å². The lowest BCUT2D eigenvalue weighted by atomic mass is 10.0. The highest BCUT2D eigenvalue weighted by Gasteiger charge is 2.17. The summed E-state index contributed by atoms with van der Waals surface area (Å²) in [6, 6.07) is 31.6. The first-order chi connectivity index (χ1) is 16.1. The number of aryl methyl sites for hydroxylation is 1. The highest BCUT2D eigenvalue weighted by Crippen LogP contribution is 2.33. The van der Waals surface area contributed by atoms with Crippen LogP contribution in [-0.2, 0) is 19.6 Å². The number of aromatic nitrogens is 1. The zero-order valence-corrected chi connectivity index (χ0v) is 18.5. The van der Waals surface area contributed by atoms with Gasteiger partial charge in [0.15, 0.2) is 0 Å². The molecule has 2 N–H and O–H groups in total. The van der Waals surface area contributed by atoms with E-state index in [-0.39, 0.29) is 0 Å². The van der Waals surface area contributed by atoms with Crippen LogP contribution in [0.25, 0.3) is 21.8 Å². The number of nitrogens with zero attached hydrogens (tertiary/aromatic N) is 1. The molecule has 4 nitrogen and oxygen atoms in total. The number of carbonyl (C=O) groups excluding carboxylic acids is 1. The predicted molar refractivity (Wildman–Crippen MR) is 132 cm³/mol. The van der Waals surface area contributed by atoms with Gasteiger partial charge < -0.3 is 15.0 Å². The van der Waals surface area contributed by atoms with Gasteiger partial charge in [-0.15, -0.1) is 0 Å². The lowest BCUT2D eigenvalue weighted by molar-refractivity contribution is 0.100. The number of carbonyl (C=O) groups is 1. The maximum atomic E-state index is 12.1. The molecule has 1 radical (unpaired) electrons. The summed E-state index contributed by atoms with van der Waals surface area (Å²) in [6.07, 6.45) is 0.921. The minimum absolute atomic E-state index is 0.424. The average molecular weight is 434 g/mol. The van der Waals surface area contributed by atoms with Gasteiger partial charge in [-0.2, -0.15) is 0 Å². The average Bonchev–Trinajstić information content (AvgIpc) is 3.17. The molecule has 0 saturated heterocycles. The number of hydrogen-bond donors (Lipinski definition) is 1.